The molecule has 0 aliphatic rings. The fraction of sp³-hybridized carbons (Fsp3) is 0.348. The molecule has 2 heterocycles. The number of nitrogens with one attached hydrogen (secondary N) is 3. The van der Waals surface area contributed by atoms with Gasteiger partial charge in [0, 0.05) is 48.9 Å². The zero-order valence-electron chi connectivity index (χ0n) is 18.4. The molecule has 0 saturated carbocycles. The fourth-order valence-electron chi connectivity index (χ4n) is 3.40. The van der Waals surface area contributed by atoms with E-state index in [0.717, 1.165) is 34.6 Å². The van der Waals surface area contributed by atoms with E-state index in [1.54, 1.807) is 26.2 Å². The molecule has 3 N–H and O–H groups in total. The molecule has 3 rings (SSSR count). The Balaban J connectivity index is 1.84. The summed E-state index contributed by atoms with van der Waals surface area (Å²) in [5, 5.41) is 8.74. The van der Waals surface area contributed by atoms with Crippen molar-refractivity contribution in [1.29, 1.82) is 0 Å². The summed E-state index contributed by atoms with van der Waals surface area (Å²) in [7, 11) is 1.78. The van der Waals surface area contributed by atoms with Gasteiger partial charge in [-0.25, -0.2) is 22.9 Å². The number of hydrogen-bond donors (Lipinski definition) is 3. The summed E-state index contributed by atoms with van der Waals surface area (Å²) in [6.07, 6.45) is 1.49. The standard InChI is InChI=1S/C23H26F3N5O/c1-13-8-18(24)20(31-22(32)28-7-5-6-23(3,25)26)10-16(13)17-9-15-12-29-21(27-4)11-19(15)30-14(17)2/h8-12H,5-7H2,1-4H3,(H,27,29)(H2,28,31,32). The van der Waals surface area contributed by atoms with Crippen LogP contribution in [0.3, 0.4) is 0 Å². The summed E-state index contributed by atoms with van der Waals surface area (Å²) in [6, 6.07) is 6.01. The number of rotatable bonds is 7. The first-order chi connectivity index (χ1) is 15.1. The normalized spacial score (nSPS) is 11.5. The van der Waals surface area contributed by atoms with Crippen molar-refractivity contribution in [2.24, 2.45) is 0 Å². The van der Waals surface area contributed by atoms with Crippen molar-refractivity contribution in [2.75, 3.05) is 24.2 Å². The highest BCUT2D eigenvalue weighted by Crippen LogP contribution is 2.32. The second-order valence-corrected chi connectivity index (χ2v) is 7.84. The molecule has 0 aliphatic carbocycles. The molecule has 0 radical (unpaired) electrons. The number of urea groups is 1. The van der Waals surface area contributed by atoms with E-state index in [1.807, 2.05) is 19.1 Å². The van der Waals surface area contributed by atoms with Gasteiger partial charge in [-0.15, -0.1) is 0 Å². The minimum absolute atomic E-state index is 0.00734. The van der Waals surface area contributed by atoms with Crippen LogP contribution in [0.15, 0.2) is 30.5 Å². The Bertz CT molecular complexity index is 1140. The quantitative estimate of drug-likeness (QED) is 0.411. The zero-order valence-corrected chi connectivity index (χ0v) is 18.4. The van der Waals surface area contributed by atoms with Crippen LogP contribution in [0.4, 0.5) is 29.5 Å². The molecule has 170 valence electrons. The summed E-state index contributed by atoms with van der Waals surface area (Å²) < 4.78 is 40.2. The molecule has 1 aromatic carbocycles. The van der Waals surface area contributed by atoms with Crippen LogP contribution in [0.1, 0.15) is 31.0 Å². The Kier molecular flexibility index (Phi) is 6.86. The summed E-state index contributed by atoms with van der Waals surface area (Å²) >= 11 is 0. The van der Waals surface area contributed by atoms with Crippen molar-refractivity contribution < 1.29 is 18.0 Å². The molecule has 0 atom stereocenters. The van der Waals surface area contributed by atoms with Crippen molar-refractivity contribution in [3.8, 4) is 11.1 Å². The number of anilines is 2. The topological polar surface area (TPSA) is 78.9 Å². The third-order valence-electron chi connectivity index (χ3n) is 5.08. The van der Waals surface area contributed by atoms with Crippen molar-refractivity contribution in [1.82, 2.24) is 15.3 Å². The monoisotopic (exact) mass is 445 g/mol. The maximum absolute atomic E-state index is 14.5. The molecule has 0 fully saturated rings. The van der Waals surface area contributed by atoms with E-state index >= 15 is 0 Å². The number of carbonyl (C=O) groups excluding carboxylic acids is 1. The number of fused-ring (bicyclic) bond motifs is 1. The van der Waals surface area contributed by atoms with Crippen LogP contribution in [0.25, 0.3) is 22.0 Å². The first-order valence-electron chi connectivity index (χ1n) is 10.3. The summed E-state index contributed by atoms with van der Waals surface area (Å²) in [4.78, 5) is 21.1. The van der Waals surface area contributed by atoms with Gasteiger partial charge in [-0.1, -0.05) is 0 Å². The first kappa shape index (κ1) is 23.3. The van der Waals surface area contributed by atoms with Gasteiger partial charge in [0.25, 0.3) is 0 Å². The van der Waals surface area contributed by atoms with E-state index in [1.165, 1.54) is 6.07 Å². The number of amides is 2. The Hall–Kier alpha value is -3.36. The third kappa shape index (κ3) is 5.66. The number of alkyl halides is 2. The highest BCUT2D eigenvalue weighted by Gasteiger charge is 2.20. The van der Waals surface area contributed by atoms with Gasteiger partial charge in [0.1, 0.15) is 11.6 Å². The van der Waals surface area contributed by atoms with Crippen LogP contribution in [0.5, 0.6) is 0 Å². The molecule has 0 unspecified atom stereocenters. The predicted octanol–water partition coefficient (Wildman–Crippen LogP) is 5.65. The van der Waals surface area contributed by atoms with E-state index in [0.29, 0.717) is 11.4 Å². The van der Waals surface area contributed by atoms with Crippen LogP contribution < -0.4 is 16.0 Å². The van der Waals surface area contributed by atoms with Crippen LogP contribution in [0.2, 0.25) is 0 Å². The van der Waals surface area contributed by atoms with Crippen LogP contribution >= 0.6 is 0 Å². The van der Waals surface area contributed by atoms with E-state index in [-0.39, 0.29) is 25.1 Å². The smallest absolute Gasteiger partial charge is 0.319 e. The molecular formula is C23H26F3N5O. The number of pyridine rings is 2. The maximum Gasteiger partial charge on any atom is 0.319 e. The van der Waals surface area contributed by atoms with Crippen LogP contribution in [-0.4, -0.2) is 35.5 Å². The number of aryl methyl sites for hydroxylation is 2. The molecule has 3 aromatic rings. The maximum atomic E-state index is 14.5. The van der Waals surface area contributed by atoms with E-state index < -0.39 is 17.8 Å². The van der Waals surface area contributed by atoms with Crippen molar-refractivity contribution in [3.05, 3.63) is 47.5 Å². The molecule has 2 amide bonds. The zero-order chi connectivity index (χ0) is 23.5. The van der Waals surface area contributed by atoms with Gasteiger partial charge in [-0.3, -0.25) is 4.98 Å². The van der Waals surface area contributed by atoms with Gasteiger partial charge < -0.3 is 16.0 Å². The van der Waals surface area contributed by atoms with Gasteiger partial charge in [-0.05, 0) is 56.5 Å². The van der Waals surface area contributed by atoms with E-state index in [4.69, 9.17) is 0 Å². The highest BCUT2D eigenvalue weighted by atomic mass is 19.3. The molecule has 6 nitrogen and oxygen atoms in total. The predicted molar refractivity (Wildman–Crippen MR) is 121 cm³/mol. The van der Waals surface area contributed by atoms with E-state index in [9.17, 15) is 18.0 Å². The van der Waals surface area contributed by atoms with E-state index in [2.05, 4.69) is 25.9 Å². The van der Waals surface area contributed by atoms with Gasteiger partial charge in [0.05, 0.1) is 11.2 Å². The molecule has 0 aliphatic heterocycles. The number of carbonyl (C=O) groups is 1. The lowest BCUT2D eigenvalue weighted by Gasteiger charge is -2.15. The van der Waals surface area contributed by atoms with Crippen molar-refractivity contribution in [3.63, 3.8) is 0 Å². The van der Waals surface area contributed by atoms with Gasteiger partial charge in [0.2, 0.25) is 5.92 Å². The summed E-state index contributed by atoms with van der Waals surface area (Å²) in [6.45, 7) is 4.53. The Morgan fingerprint density at radius 3 is 2.56 bits per heavy atom. The van der Waals surface area contributed by atoms with Gasteiger partial charge in [-0.2, -0.15) is 0 Å². The average Bonchev–Trinajstić information content (AvgIpc) is 2.72. The lowest BCUT2D eigenvalue weighted by molar-refractivity contribution is 0.0112. The lowest BCUT2D eigenvalue weighted by atomic mass is 9.97. The molecule has 9 heteroatoms. The summed E-state index contributed by atoms with van der Waals surface area (Å²) in [5.74, 6) is -2.67. The number of halogens is 3. The SMILES string of the molecule is CNc1cc2nc(C)c(-c3cc(NC(=O)NCCCC(C)(F)F)c(F)cc3C)cc2cn1. The second kappa shape index (κ2) is 9.42. The largest absolute Gasteiger partial charge is 0.373 e. The van der Waals surface area contributed by atoms with Crippen LogP contribution in [0, 0.1) is 19.7 Å². The number of hydrogen-bond acceptors (Lipinski definition) is 4. The first-order valence-corrected chi connectivity index (χ1v) is 10.3. The third-order valence-corrected chi connectivity index (χ3v) is 5.08. The molecule has 0 bridgehead atoms. The molecular weight excluding hydrogens is 419 g/mol. The minimum atomic E-state index is -2.79. The fourth-order valence-corrected chi connectivity index (χ4v) is 3.40. The summed E-state index contributed by atoms with van der Waals surface area (Å²) in [5.41, 5.74) is 3.71. The van der Waals surface area contributed by atoms with Crippen molar-refractivity contribution >= 4 is 28.4 Å². The number of benzene rings is 1. The second-order valence-electron chi connectivity index (χ2n) is 7.84. The Morgan fingerprint density at radius 1 is 1.12 bits per heavy atom. The number of nitrogens with zero attached hydrogens (tertiary/aromatic N) is 2. The molecule has 32 heavy (non-hydrogen) atoms. The lowest BCUT2D eigenvalue weighted by Crippen LogP contribution is -2.30. The van der Waals surface area contributed by atoms with Crippen LogP contribution in [-0.2, 0) is 0 Å². The average molecular weight is 445 g/mol. The Morgan fingerprint density at radius 2 is 1.88 bits per heavy atom. The molecule has 0 spiro atoms. The Labute approximate surface area is 184 Å². The highest BCUT2D eigenvalue weighted by molar-refractivity contribution is 5.92. The molecule has 0 saturated heterocycles. The molecule has 2 aromatic heterocycles. The van der Waals surface area contributed by atoms with Gasteiger partial charge >= 0.3 is 6.03 Å². The number of aromatic nitrogens is 2. The van der Waals surface area contributed by atoms with Gasteiger partial charge in [0.15, 0.2) is 0 Å². The van der Waals surface area contributed by atoms with Crippen molar-refractivity contribution in [2.45, 2.75) is 39.5 Å². The minimum Gasteiger partial charge on any atom is -0.373 e.